The molecule has 0 aliphatic rings. The molecule has 1 heterocycles. The fourth-order valence-electron chi connectivity index (χ4n) is 3.13. The summed E-state index contributed by atoms with van der Waals surface area (Å²) in [6.45, 7) is 2.90. The summed E-state index contributed by atoms with van der Waals surface area (Å²) in [5.41, 5.74) is 4.14. The molecule has 3 nitrogen and oxygen atoms in total. The minimum absolute atomic E-state index is 0.682. The van der Waals surface area contributed by atoms with Gasteiger partial charge in [0.25, 0.3) is 0 Å². The second-order valence-corrected chi connectivity index (χ2v) is 8.79. The molecule has 30 heavy (non-hydrogen) atoms. The van der Waals surface area contributed by atoms with Crippen LogP contribution in [0.2, 0.25) is 10.0 Å². The first-order valence-electron chi connectivity index (χ1n) is 9.92. The van der Waals surface area contributed by atoms with Gasteiger partial charge in [0, 0.05) is 21.5 Å². The van der Waals surface area contributed by atoms with E-state index in [0.29, 0.717) is 5.02 Å². The third-order valence-corrected chi connectivity index (χ3v) is 6.23. The van der Waals surface area contributed by atoms with Gasteiger partial charge in [0.1, 0.15) is 5.75 Å². The Morgan fingerprint density at radius 2 is 1.67 bits per heavy atom. The van der Waals surface area contributed by atoms with E-state index < -0.39 is 0 Å². The number of hydrogen-bond acceptors (Lipinski definition) is 3. The van der Waals surface area contributed by atoms with Gasteiger partial charge in [-0.3, -0.25) is 4.57 Å². The lowest BCUT2D eigenvalue weighted by Crippen LogP contribution is -1.99. The summed E-state index contributed by atoms with van der Waals surface area (Å²) in [4.78, 5) is 4.85. The number of ether oxygens (including phenoxy) is 1. The zero-order chi connectivity index (χ0) is 20.9. The molecule has 0 amide bonds. The van der Waals surface area contributed by atoms with E-state index >= 15 is 0 Å². The Balaban J connectivity index is 1.64. The van der Waals surface area contributed by atoms with Crippen LogP contribution in [0.3, 0.4) is 0 Å². The summed E-state index contributed by atoms with van der Waals surface area (Å²) >= 11 is 13.9. The van der Waals surface area contributed by atoms with Crippen molar-refractivity contribution < 1.29 is 4.74 Å². The van der Waals surface area contributed by atoms with Gasteiger partial charge < -0.3 is 4.74 Å². The van der Waals surface area contributed by atoms with Crippen molar-refractivity contribution in [3.05, 3.63) is 82.3 Å². The molecule has 0 N–H and O–H groups in total. The minimum Gasteiger partial charge on any atom is -0.494 e. The standard InChI is InChI=1S/C24H22Cl2N2OS/c1-2-3-14-29-21-11-9-20(10-12-21)28-23-13-8-19(26)15-22(23)27-24(28)30-16-17-4-6-18(25)7-5-17/h4-13,15H,2-3,14,16H2,1H3. The molecule has 0 atom stereocenters. The molecule has 0 saturated heterocycles. The van der Waals surface area contributed by atoms with Gasteiger partial charge >= 0.3 is 0 Å². The number of benzene rings is 3. The van der Waals surface area contributed by atoms with Crippen LogP contribution in [0.25, 0.3) is 16.7 Å². The molecule has 0 radical (unpaired) electrons. The van der Waals surface area contributed by atoms with Crippen LogP contribution < -0.4 is 4.74 Å². The molecule has 0 aliphatic carbocycles. The number of unbranched alkanes of at least 4 members (excludes halogenated alkanes) is 1. The zero-order valence-corrected chi connectivity index (χ0v) is 19.0. The molecule has 3 aromatic carbocycles. The maximum Gasteiger partial charge on any atom is 0.174 e. The molecule has 0 aliphatic heterocycles. The molecular weight excluding hydrogens is 435 g/mol. The summed E-state index contributed by atoms with van der Waals surface area (Å²) in [5, 5.41) is 2.34. The van der Waals surface area contributed by atoms with Gasteiger partial charge in [-0.15, -0.1) is 0 Å². The van der Waals surface area contributed by atoms with E-state index in [1.54, 1.807) is 11.8 Å². The molecular formula is C24H22Cl2N2OS. The van der Waals surface area contributed by atoms with Crippen molar-refractivity contribution in [1.29, 1.82) is 0 Å². The molecule has 4 aromatic rings. The SMILES string of the molecule is CCCCOc1ccc(-n2c(SCc3ccc(Cl)cc3)nc3cc(Cl)ccc32)cc1. The van der Waals surface area contributed by atoms with E-state index in [0.717, 1.165) is 57.9 Å². The van der Waals surface area contributed by atoms with Crippen molar-refractivity contribution in [3.8, 4) is 11.4 Å². The van der Waals surface area contributed by atoms with Gasteiger partial charge in [0.15, 0.2) is 5.16 Å². The van der Waals surface area contributed by atoms with Gasteiger partial charge in [0.2, 0.25) is 0 Å². The van der Waals surface area contributed by atoms with Gasteiger partial charge in [-0.1, -0.05) is 60.4 Å². The Morgan fingerprint density at radius 1 is 0.933 bits per heavy atom. The number of rotatable bonds is 8. The average molecular weight is 457 g/mol. The van der Waals surface area contributed by atoms with Gasteiger partial charge in [-0.05, 0) is 66.6 Å². The first-order chi connectivity index (χ1) is 14.6. The number of thioether (sulfide) groups is 1. The summed E-state index contributed by atoms with van der Waals surface area (Å²) in [6, 6.07) is 21.9. The van der Waals surface area contributed by atoms with Crippen molar-refractivity contribution in [2.24, 2.45) is 0 Å². The number of halogens is 2. The van der Waals surface area contributed by atoms with Crippen LogP contribution in [0.1, 0.15) is 25.3 Å². The van der Waals surface area contributed by atoms with Crippen molar-refractivity contribution in [2.45, 2.75) is 30.7 Å². The number of imidazole rings is 1. The van der Waals surface area contributed by atoms with Crippen LogP contribution >= 0.6 is 35.0 Å². The molecule has 0 unspecified atom stereocenters. The Morgan fingerprint density at radius 3 is 2.40 bits per heavy atom. The molecule has 0 spiro atoms. The lowest BCUT2D eigenvalue weighted by atomic mass is 10.2. The van der Waals surface area contributed by atoms with Crippen molar-refractivity contribution in [2.75, 3.05) is 6.61 Å². The summed E-state index contributed by atoms with van der Waals surface area (Å²) in [6.07, 6.45) is 2.18. The highest BCUT2D eigenvalue weighted by atomic mass is 35.5. The van der Waals surface area contributed by atoms with Gasteiger partial charge in [-0.25, -0.2) is 4.98 Å². The van der Waals surface area contributed by atoms with E-state index in [2.05, 4.69) is 23.6 Å². The second kappa shape index (κ2) is 9.78. The molecule has 0 fully saturated rings. The lowest BCUT2D eigenvalue weighted by molar-refractivity contribution is 0.309. The highest BCUT2D eigenvalue weighted by Crippen LogP contribution is 2.32. The quantitative estimate of drug-likeness (QED) is 0.200. The van der Waals surface area contributed by atoms with E-state index in [9.17, 15) is 0 Å². The molecule has 0 bridgehead atoms. The van der Waals surface area contributed by atoms with Crippen LogP contribution in [-0.2, 0) is 5.75 Å². The highest BCUT2D eigenvalue weighted by Gasteiger charge is 2.14. The topological polar surface area (TPSA) is 27.1 Å². The molecule has 0 saturated carbocycles. The first-order valence-corrected chi connectivity index (χ1v) is 11.7. The van der Waals surface area contributed by atoms with Crippen LogP contribution in [-0.4, -0.2) is 16.2 Å². The molecule has 1 aromatic heterocycles. The van der Waals surface area contributed by atoms with E-state index in [-0.39, 0.29) is 0 Å². The highest BCUT2D eigenvalue weighted by molar-refractivity contribution is 7.98. The zero-order valence-electron chi connectivity index (χ0n) is 16.6. The third-order valence-electron chi connectivity index (χ3n) is 4.73. The van der Waals surface area contributed by atoms with Crippen LogP contribution in [0.15, 0.2) is 71.9 Å². The van der Waals surface area contributed by atoms with Crippen LogP contribution in [0.4, 0.5) is 0 Å². The predicted octanol–water partition coefficient (Wildman–Crippen LogP) is 7.80. The molecule has 154 valence electrons. The Kier molecular flexibility index (Phi) is 6.88. The Bertz CT molecular complexity index is 1120. The monoisotopic (exact) mass is 456 g/mol. The van der Waals surface area contributed by atoms with Gasteiger partial charge in [0.05, 0.1) is 17.6 Å². The maximum absolute atomic E-state index is 6.21. The second-order valence-electron chi connectivity index (χ2n) is 6.97. The van der Waals surface area contributed by atoms with Crippen LogP contribution in [0.5, 0.6) is 5.75 Å². The fraction of sp³-hybridized carbons (Fsp3) is 0.208. The summed E-state index contributed by atoms with van der Waals surface area (Å²) in [5.74, 6) is 1.68. The molecule has 4 rings (SSSR count). The van der Waals surface area contributed by atoms with E-state index in [4.69, 9.17) is 32.9 Å². The Labute approximate surface area is 191 Å². The van der Waals surface area contributed by atoms with Crippen molar-refractivity contribution in [3.63, 3.8) is 0 Å². The lowest BCUT2D eigenvalue weighted by Gasteiger charge is -2.11. The average Bonchev–Trinajstić information content (AvgIpc) is 3.11. The summed E-state index contributed by atoms with van der Waals surface area (Å²) in [7, 11) is 0. The van der Waals surface area contributed by atoms with Crippen molar-refractivity contribution in [1.82, 2.24) is 9.55 Å². The predicted molar refractivity (Wildman–Crippen MR) is 127 cm³/mol. The third kappa shape index (κ3) is 4.94. The number of aromatic nitrogens is 2. The number of nitrogens with zero attached hydrogens (tertiary/aromatic N) is 2. The minimum atomic E-state index is 0.682. The fourth-order valence-corrected chi connectivity index (χ4v) is 4.41. The number of hydrogen-bond donors (Lipinski definition) is 0. The Hall–Kier alpha value is -2.14. The van der Waals surface area contributed by atoms with Gasteiger partial charge in [-0.2, -0.15) is 0 Å². The smallest absolute Gasteiger partial charge is 0.174 e. The van der Waals surface area contributed by atoms with Crippen LogP contribution in [0, 0.1) is 0 Å². The normalized spacial score (nSPS) is 11.2. The molecule has 6 heteroatoms. The van der Waals surface area contributed by atoms with Crippen molar-refractivity contribution >= 4 is 46.0 Å². The number of fused-ring (bicyclic) bond motifs is 1. The first kappa shape index (κ1) is 21.1. The van der Waals surface area contributed by atoms with E-state index in [1.165, 1.54) is 5.56 Å². The van der Waals surface area contributed by atoms with E-state index in [1.807, 2.05) is 54.6 Å². The summed E-state index contributed by atoms with van der Waals surface area (Å²) < 4.78 is 7.98. The maximum atomic E-state index is 6.21. The largest absolute Gasteiger partial charge is 0.494 e.